The monoisotopic (exact) mass is 433 g/mol. The van der Waals surface area contributed by atoms with Gasteiger partial charge in [0.1, 0.15) is 17.3 Å². The molecule has 0 radical (unpaired) electrons. The number of benzene rings is 1. The molecule has 0 saturated heterocycles. The van der Waals surface area contributed by atoms with E-state index in [2.05, 4.69) is 15.5 Å². The zero-order valence-corrected chi connectivity index (χ0v) is 16.7. The number of nitro benzene ring substituents is 1. The van der Waals surface area contributed by atoms with Gasteiger partial charge in [0.15, 0.2) is 5.16 Å². The van der Waals surface area contributed by atoms with E-state index in [-0.39, 0.29) is 28.1 Å². The maximum atomic E-state index is 12.4. The van der Waals surface area contributed by atoms with Crippen LogP contribution < -0.4 is 5.32 Å². The highest BCUT2D eigenvalue weighted by Gasteiger charge is 2.31. The highest BCUT2D eigenvalue weighted by Crippen LogP contribution is 2.40. The topological polar surface area (TPSA) is 116 Å². The van der Waals surface area contributed by atoms with E-state index in [4.69, 9.17) is 16.0 Å². The number of nitro groups is 1. The summed E-state index contributed by atoms with van der Waals surface area (Å²) in [4.78, 5) is 22.9. The van der Waals surface area contributed by atoms with Crippen LogP contribution in [-0.2, 0) is 11.3 Å². The number of nitrogens with one attached hydrogen (secondary N) is 1. The van der Waals surface area contributed by atoms with Crippen molar-refractivity contribution in [2.45, 2.75) is 30.5 Å². The second kappa shape index (κ2) is 8.26. The van der Waals surface area contributed by atoms with Gasteiger partial charge in [-0.15, -0.1) is 10.2 Å². The number of carbonyl (C=O) groups is 1. The van der Waals surface area contributed by atoms with Crippen LogP contribution in [0.2, 0.25) is 5.02 Å². The van der Waals surface area contributed by atoms with Gasteiger partial charge in [-0.1, -0.05) is 23.4 Å². The highest BCUT2D eigenvalue weighted by atomic mass is 35.5. The van der Waals surface area contributed by atoms with Crippen molar-refractivity contribution >= 4 is 40.6 Å². The third-order valence-corrected chi connectivity index (χ3v) is 5.55. The third kappa shape index (κ3) is 4.60. The predicted molar refractivity (Wildman–Crippen MR) is 107 cm³/mol. The lowest BCUT2D eigenvalue weighted by molar-refractivity contribution is -0.383. The van der Waals surface area contributed by atoms with Gasteiger partial charge in [0.05, 0.1) is 23.5 Å². The quantitative estimate of drug-likeness (QED) is 0.323. The average molecular weight is 434 g/mol. The summed E-state index contributed by atoms with van der Waals surface area (Å²) in [7, 11) is 0. The van der Waals surface area contributed by atoms with Crippen molar-refractivity contribution in [2.24, 2.45) is 0 Å². The Kier molecular flexibility index (Phi) is 5.54. The number of halogens is 1. The Labute approximate surface area is 174 Å². The predicted octanol–water partition coefficient (Wildman–Crippen LogP) is 4.09. The Morgan fingerprint density at radius 3 is 2.90 bits per heavy atom. The number of aromatic nitrogens is 3. The standard InChI is InChI=1S/C18H16ClN5O4S/c19-12-5-6-14(15(8-12)24(26)27)20-16(25)10-29-18-22-21-17(11-3-4-11)23(18)9-13-2-1-7-28-13/h1-2,5-8,11H,3-4,9-10H2,(H,20,25). The van der Waals surface area contributed by atoms with E-state index >= 15 is 0 Å². The molecule has 29 heavy (non-hydrogen) atoms. The maximum absolute atomic E-state index is 12.4. The van der Waals surface area contributed by atoms with Crippen LogP contribution in [0.15, 0.2) is 46.2 Å². The molecule has 150 valence electrons. The number of hydrogen-bond acceptors (Lipinski definition) is 7. The number of nitrogens with zero attached hydrogens (tertiary/aromatic N) is 4. The molecule has 1 aliphatic rings. The van der Waals surface area contributed by atoms with Crippen LogP contribution in [-0.4, -0.2) is 31.3 Å². The van der Waals surface area contributed by atoms with Gasteiger partial charge in [0, 0.05) is 17.0 Å². The van der Waals surface area contributed by atoms with Gasteiger partial charge in [-0.3, -0.25) is 19.5 Å². The highest BCUT2D eigenvalue weighted by molar-refractivity contribution is 7.99. The summed E-state index contributed by atoms with van der Waals surface area (Å²) in [5.74, 6) is 1.69. The first-order valence-corrected chi connectivity index (χ1v) is 10.2. The van der Waals surface area contributed by atoms with Gasteiger partial charge in [-0.05, 0) is 37.1 Å². The lowest BCUT2D eigenvalue weighted by Crippen LogP contribution is -2.16. The largest absolute Gasteiger partial charge is 0.467 e. The normalized spacial score (nSPS) is 13.4. The minimum absolute atomic E-state index is 0.0285. The zero-order valence-electron chi connectivity index (χ0n) is 15.1. The van der Waals surface area contributed by atoms with E-state index in [0.29, 0.717) is 17.6 Å². The molecule has 0 spiro atoms. The summed E-state index contributed by atoms with van der Waals surface area (Å²) < 4.78 is 7.38. The van der Waals surface area contributed by atoms with E-state index in [9.17, 15) is 14.9 Å². The Bertz CT molecular complexity index is 1050. The van der Waals surface area contributed by atoms with Crippen molar-refractivity contribution in [1.82, 2.24) is 14.8 Å². The number of carbonyl (C=O) groups excluding carboxylic acids is 1. The summed E-state index contributed by atoms with van der Waals surface area (Å²) in [5, 5.41) is 23.1. The molecule has 9 nitrogen and oxygen atoms in total. The minimum atomic E-state index is -0.587. The van der Waals surface area contributed by atoms with Crippen molar-refractivity contribution in [3.8, 4) is 0 Å². The van der Waals surface area contributed by atoms with E-state index in [1.54, 1.807) is 6.26 Å². The SMILES string of the molecule is O=C(CSc1nnc(C2CC2)n1Cc1ccco1)Nc1ccc(Cl)cc1[N+](=O)[O-]. The van der Waals surface area contributed by atoms with Crippen molar-refractivity contribution in [2.75, 3.05) is 11.1 Å². The maximum Gasteiger partial charge on any atom is 0.294 e. The molecule has 3 aromatic rings. The van der Waals surface area contributed by atoms with E-state index in [1.165, 1.54) is 30.0 Å². The molecule has 0 atom stereocenters. The van der Waals surface area contributed by atoms with Gasteiger partial charge in [-0.25, -0.2) is 0 Å². The molecule has 1 aromatic carbocycles. The summed E-state index contributed by atoms with van der Waals surface area (Å²) >= 11 is 7.02. The fourth-order valence-electron chi connectivity index (χ4n) is 2.84. The minimum Gasteiger partial charge on any atom is -0.467 e. The van der Waals surface area contributed by atoms with Crippen molar-refractivity contribution < 1.29 is 14.1 Å². The van der Waals surface area contributed by atoms with Crippen molar-refractivity contribution in [3.05, 3.63) is 63.3 Å². The Balaban J connectivity index is 1.45. The second-order valence-corrected chi connectivity index (χ2v) is 7.91. The fraction of sp³-hybridized carbons (Fsp3) is 0.278. The molecular weight excluding hydrogens is 418 g/mol. The molecule has 1 saturated carbocycles. The van der Waals surface area contributed by atoms with Crippen LogP contribution in [0.25, 0.3) is 0 Å². The molecule has 0 unspecified atom stereocenters. The summed E-state index contributed by atoms with van der Waals surface area (Å²) in [6, 6.07) is 7.78. The zero-order chi connectivity index (χ0) is 20.4. The van der Waals surface area contributed by atoms with Crippen LogP contribution in [0, 0.1) is 10.1 Å². The van der Waals surface area contributed by atoms with Crippen LogP contribution >= 0.6 is 23.4 Å². The third-order valence-electron chi connectivity index (χ3n) is 4.34. The molecule has 2 aromatic heterocycles. The van der Waals surface area contributed by atoms with E-state index in [1.807, 2.05) is 16.7 Å². The molecule has 0 aliphatic heterocycles. The van der Waals surface area contributed by atoms with Crippen LogP contribution in [0.5, 0.6) is 0 Å². The van der Waals surface area contributed by atoms with Crippen LogP contribution in [0.3, 0.4) is 0 Å². The molecule has 4 rings (SSSR count). The Morgan fingerprint density at radius 1 is 1.38 bits per heavy atom. The van der Waals surface area contributed by atoms with Crippen LogP contribution in [0.4, 0.5) is 11.4 Å². The molecule has 1 fully saturated rings. The number of rotatable bonds is 8. The first-order valence-electron chi connectivity index (χ1n) is 8.83. The first kappa shape index (κ1) is 19.5. The lowest BCUT2D eigenvalue weighted by atomic mass is 10.2. The Morgan fingerprint density at radius 2 is 2.21 bits per heavy atom. The smallest absolute Gasteiger partial charge is 0.294 e. The first-order chi connectivity index (χ1) is 14.0. The molecule has 2 heterocycles. The Hall–Kier alpha value is -2.85. The number of amides is 1. The molecule has 0 bridgehead atoms. The number of hydrogen-bond donors (Lipinski definition) is 1. The summed E-state index contributed by atoms with van der Waals surface area (Å²) in [5.41, 5.74) is -0.159. The van der Waals surface area contributed by atoms with Crippen molar-refractivity contribution in [3.63, 3.8) is 0 Å². The summed E-state index contributed by atoms with van der Waals surface area (Å²) in [6.45, 7) is 0.485. The van der Waals surface area contributed by atoms with Crippen molar-refractivity contribution in [1.29, 1.82) is 0 Å². The van der Waals surface area contributed by atoms with E-state index < -0.39 is 4.92 Å². The number of furan rings is 1. The molecule has 1 N–H and O–H groups in total. The number of anilines is 1. The lowest BCUT2D eigenvalue weighted by Gasteiger charge is -2.09. The molecular formula is C18H16ClN5O4S. The second-order valence-electron chi connectivity index (χ2n) is 6.54. The van der Waals surface area contributed by atoms with Gasteiger partial charge in [0.25, 0.3) is 5.69 Å². The van der Waals surface area contributed by atoms with E-state index in [0.717, 1.165) is 24.4 Å². The molecule has 1 amide bonds. The molecule has 1 aliphatic carbocycles. The van der Waals surface area contributed by atoms with Gasteiger partial charge < -0.3 is 9.73 Å². The van der Waals surface area contributed by atoms with Crippen LogP contribution in [0.1, 0.15) is 30.3 Å². The van der Waals surface area contributed by atoms with Gasteiger partial charge in [-0.2, -0.15) is 0 Å². The van der Waals surface area contributed by atoms with Gasteiger partial charge >= 0.3 is 0 Å². The average Bonchev–Trinajstić information content (AvgIpc) is 3.25. The number of thioether (sulfide) groups is 1. The summed E-state index contributed by atoms with van der Waals surface area (Å²) in [6.07, 6.45) is 3.75. The van der Waals surface area contributed by atoms with Gasteiger partial charge in [0.2, 0.25) is 5.91 Å². The molecule has 11 heteroatoms. The fourth-order valence-corrected chi connectivity index (χ4v) is 3.75.